The summed E-state index contributed by atoms with van der Waals surface area (Å²) in [4.78, 5) is 38.0. The number of urea groups is 1. The zero-order chi connectivity index (χ0) is 22.0. The van der Waals surface area contributed by atoms with E-state index < -0.39 is 29.3 Å². The Labute approximate surface area is 185 Å². The SMILES string of the molecule is Cc1nnc(SCC2=C(C(=O)O)N3C(=O)C(NC(=O)NCc4ccccc4)[C@@H]3SC2)o1. The fraction of sp³-hybridized carbons (Fsp3) is 0.316. The summed E-state index contributed by atoms with van der Waals surface area (Å²) in [5.74, 6) is -0.475. The van der Waals surface area contributed by atoms with Gasteiger partial charge < -0.3 is 20.2 Å². The number of hydrogen-bond donors (Lipinski definition) is 3. The number of benzene rings is 1. The molecule has 0 radical (unpaired) electrons. The quantitative estimate of drug-likeness (QED) is 0.414. The number of carboxylic acids is 1. The highest BCUT2D eigenvalue weighted by Crippen LogP contribution is 2.41. The van der Waals surface area contributed by atoms with Crippen molar-refractivity contribution in [3.63, 3.8) is 0 Å². The first-order valence-electron chi connectivity index (χ1n) is 9.35. The van der Waals surface area contributed by atoms with Gasteiger partial charge in [-0.25, -0.2) is 9.59 Å². The molecule has 0 saturated carbocycles. The fourth-order valence-corrected chi connectivity index (χ4v) is 5.54. The maximum atomic E-state index is 12.7. The molecule has 1 unspecified atom stereocenters. The third-order valence-electron chi connectivity index (χ3n) is 4.71. The standard InChI is InChI=1S/C19H19N5O5S2/c1-10-22-23-19(29-10)31-9-12-8-30-16-13(15(25)24(16)14(12)17(26)27)21-18(28)20-7-11-5-3-2-4-6-11/h2-6,13,16H,7-9H2,1H3,(H,26,27)(H2,20,21,28)/t13?,16-/m0/s1. The van der Waals surface area contributed by atoms with Crippen LogP contribution < -0.4 is 10.6 Å². The van der Waals surface area contributed by atoms with E-state index in [9.17, 15) is 19.5 Å². The molecule has 1 aromatic carbocycles. The minimum absolute atomic E-state index is 0.0415. The van der Waals surface area contributed by atoms with Crippen LogP contribution >= 0.6 is 23.5 Å². The van der Waals surface area contributed by atoms with Crippen molar-refractivity contribution in [1.29, 1.82) is 0 Å². The van der Waals surface area contributed by atoms with Gasteiger partial charge in [0.25, 0.3) is 11.1 Å². The van der Waals surface area contributed by atoms with Crippen molar-refractivity contribution < 1.29 is 23.9 Å². The van der Waals surface area contributed by atoms with Crippen molar-refractivity contribution in [1.82, 2.24) is 25.7 Å². The van der Waals surface area contributed by atoms with Gasteiger partial charge in [0.15, 0.2) is 0 Å². The van der Waals surface area contributed by atoms with Gasteiger partial charge in [0.05, 0.1) is 0 Å². The number of nitrogens with one attached hydrogen (secondary N) is 2. The highest BCUT2D eigenvalue weighted by molar-refractivity contribution is 8.01. The minimum Gasteiger partial charge on any atom is -0.477 e. The molecule has 10 nitrogen and oxygen atoms in total. The number of aliphatic carboxylic acids is 1. The molecule has 0 bridgehead atoms. The first kappa shape index (κ1) is 21.2. The van der Waals surface area contributed by atoms with E-state index in [2.05, 4.69) is 20.8 Å². The third-order valence-corrected chi connectivity index (χ3v) is 6.95. The number of amides is 3. The van der Waals surface area contributed by atoms with Crippen molar-refractivity contribution in [3.05, 3.63) is 53.1 Å². The molecule has 2 aliphatic rings. The number of rotatable bonds is 7. The molecule has 0 aliphatic carbocycles. The number of aromatic nitrogens is 2. The molecule has 1 aromatic heterocycles. The molecule has 3 amide bonds. The van der Waals surface area contributed by atoms with E-state index in [1.54, 1.807) is 6.92 Å². The molecule has 0 spiro atoms. The molecule has 162 valence electrons. The van der Waals surface area contributed by atoms with Gasteiger partial charge in [-0.3, -0.25) is 9.69 Å². The maximum absolute atomic E-state index is 12.7. The topological polar surface area (TPSA) is 138 Å². The van der Waals surface area contributed by atoms with Crippen LogP contribution in [-0.2, 0) is 16.1 Å². The summed E-state index contributed by atoms with van der Waals surface area (Å²) in [7, 11) is 0. The molecular weight excluding hydrogens is 442 g/mol. The van der Waals surface area contributed by atoms with Crippen molar-refractivity contribution >= 4 is 41.4 Å². The van der Waals surface area contributed by atoms with E-state index in [0.29, 0.717) is 34.7 Å². The average molecular weight is 462 g/mol. The van der Waals surface area contributed by atoms with Crippen molar-refractivity contribution in [2.75, 3.05) is 11.5 Å². The van der Waals surface area contributed by atoms with Crippen molar-refractivity contribution in [2.24, 2.45) is 0 Å². The Balaban J connectivity index is 1.38. The second kappa shape index (κ2) is 9.02. The number of fused-ring (bicyclic) bond motifs is 1. The van der Waals surface area contributed by atoms with Crippen LogP contribution in [0.2, 0.25) is 0 Å². The lowest BCUT2D eigenvalue weighted by atomic mass is 10.0. The number of thioether (sulfide) groups is 2. The van der Waals surface area contributed by atoms with Gasteiger partial charge in [0.2, 0.25) is 5.89 Å². The van der Waals surface area contributed by atoms with Crippen molar-refractivity contribution in [3.8, 4) is 0 Å². The normalized spacial score (nSPS) is 20.2. The minimum atomic E-state index is -1.18. The van der Waals surface area contributed by atoms with E-state index in [1.807, 2.05) is 30.3 Å². The predicted octanol–water partition coefficient (Wildman–Crippen LogP) is 1.59. The van der Waals surface area contributed by atoms with Crippen LogP contribution in [0.3, 0.4) is 0 Å². The van der Waals surface area contributed by atoms with Crippen molar-refractivity contribution in [2.45, 2.75) is 30.1 Å². The summed E-state index contributed by atoms with van der Waals surface area (Å²) in [6, 6.07) is 8.14. The smallest absolute Gasteiger partial charge is 0.352 e. The summed E-state index contributed by atoms with van der Waals surface area (Å²) in [6.07, 6.45) is 0. The fourth-order valence-electron chi connectivity index (χ4n) is 3.25. The summed E-state index contributed by atoms with van der Waals surface area (Å²) in [5, 5.41) is 22.6. The lowest BCUT2D eigenvalue weighted by molar-refractivity contribution is -0.148. The van der Waals surface area contributed by atoms with Crippen LogP contribution in [-0.4, -0.2) is 61.0 Å². The molecule has 2 aliphatic heterocycles. The molecule has 1 saturated heterocycles. The van der Waals surface area contributed by atoms with Gasteiger partial charge in [0, 0.05) is 25.0 Å². The number of carboxylic acid groups (broad SMARTS) is 1. The molecule has 12 heteroatoms. The molecule has 3 N–H and O–H groups in total. The third kappa shape index (κ3) is 4.54. The Bertz CT molecular complexity index is 1040. The van der Waals surface area contributed by atoms with Crippen LogP contribution in [0.5, 0.6) is 0 Å². The first-order chi connectivity index (χ1) is 14.9. The molecular formula is C19H19N5O5S2. The summed E-state index contributed by atoms with van der Waals surface area (Å²) >= 11 is 2.63. The lowest BCUT2D eigenvalue weighted by Gasteiger charge is -2.49. The van der Waals surface area contributed by atoms with E-state index in [1.165, 1.54) is 28.4 Å². The Morgan fingerprint density at radius 3 is 2.77 bits per heavy atom. The van der Waals surface area contributed by atoms with Gasteiger partial charge in [0.1, 0.15) is 17.1 Å². The van der Waals surface area contributed by atoms with E-state index in [-0.39, 0.29) is 5.70 Å². The largest absolute Gasteiger partial charge is 0.477 e. The number of hydrogen-bond acceptors (Lipinski definition) is 8. The van der Waals surface area contributed by atoms with Gasteiger partial charge in [-0.2, -0.15) is 0 Å². The van der Waals surface area contributed by atoms with E-state index in [4.69, 9.17) is 4.42 Å². The molecule has 31 heavy (non-hydrogen) atoms. The lowest BCUT2D eigenvalue weighted by Crippen LogP contribution is -2.71. The zero-order valence-electron chi connectivity index (χ0n) is 16.4. The maximum Gasteiger partial charge on any atom is 0.352 e. The zero-order valence-corrected chi connectivity index (χ0v) is 18.0. The monoisotopic (exact) mass is 461 g/mol. The summed E-state index contributed by atoms with van der Waals surface area (Å²) in [6.45, 7) is 1.99. The second-order valence-corrected chi connectivity index (χ2v) is 8.86. The average Bonchev–Trinajstić information content (AvgIpc) is 3.19. The van der Waals surface area contributed by atoms with Gasteiger partial charge in [-0.1, -0.05) is 42.1 Å². The summed E-state index contributed by atoms with van der Waals surface area (Å²) < 4.78 is 5.30. The molecule has 4 rings (SSSR count). The highest BCUT2D eigenvalue weighted by atomic mass is 32.2. The Morgan fingerprint density at radius 2 is 2.10 bits per heavy atom. The van der Waals surface area contributed by atoms with E-state index in [0.717, 1.165) is 5.56 Å². The van der Waals surface area contributed by atoms with Crippen LogP contribution in [0.1, 0.15) is 11.5 Å². The van der Waals surface area contributed by atoms with Crippen LogP contribution in [0, 0.1) is 6.92 Å². The number of carbonyl (C=O) groups is 3. The Morgan fingerprint density at radius 1 is 1.32 bits per heavy atom. The molecule has 2 aromatic rings. The molecule has 3 heterocycles. The second-order valence-electron chi connectivity index (χ2n) is 6.83. The number of aryl methyl sites for hydroxylation is 1. The molecule has 2 atom stereocenters. The number of β-lactam (4-membered cyclic amide) rings is 1. The Hall–Kier alpha value is -2.99. The van der Waals surface area contributed by atoms with E-state index >= 15 is 0 Å². The van der Waals surface area contributed by atoms with Gasteiger partial charge in [-0.15, -0.1) is 22.0 Å². The number of nitrogens with zero attached hydrogens (tertiary/aromatic N) is 3. The first-order valence-corrected chi connectivity index (χ1v) is 11.4. The van der Waals surface area contributed by atoms with Crippen LogP contribution in [0.4, 0.5) is 4.79 Å². The summed E-state index contributed by atoms with van der Waals surface area (Å²) in [5.41, 5.74) is 1.48. The highest BCUT2D eigenvalue weighted by Gasteiger charge is 2.54. The predicted molar refractivity (Wildman–Crippen MR) is 113 cm³/mol. The molecule has 1 fully saturated rings. The Kier molecular flexibility index (Phi) is 6.18. The van der Waals surface area contributed by atoms with Gasteiger partial charge in [-0.05, 0) is 11.1 Å². The van der Waals surface area contributed by atoms with Gasteiger partial charge >= 0.3 is 12.0 Å². The number of carbonyl (C=O) groups excluding carboxylic acids is 2. The van der Waals surface area contributed by atoms with Crippen LogP contribution in [0.15, 0.2) is 51.2 Å². The van der Waals surface area contributed by atoms with Crippen LogP contribution in [0.25, 0.3) is 0 Å².